The van der Waals surface area contributed by atoms with Crippen molar-refractivity contribution < 1.29 is 4.79 Å². The van der Waals surface area contributed by atoms with Gasteiger partial charge in [0.05, 0.1) is 11.3 Å². The number of carbonyl (C=O) groups excluding carboxylic acids is 1. The molecule has 0 aromatic carbocycles. The molecule has 0 radical (unpaired) electrons. The normalized spacial score (nSPS) is 15.0. The van der Waals surface area contributed by atoms with E-state index in [2.05, 4.69) is 41.8 Å². The molecule has 7 heteroatoms. The first-order valence-electron chi connectivity index (χ1n) is 8.75. The van der Waals surface area contributed by atoms with Crippen molar-refractivity contribution in [3.8, 4) is 6.07 Å². The molecule has 0 atom stereocenters. The van der Waals surface area contributed by atoms with Crippen molar-refractivity contribution in [3.05, 3.63) is 41.3 Å². The zero-order valence-electron chi connectivity index (χ0n) is 15.7. The van der Waals surface area contributed by atoms with Crippen LogP contribution in [0.1, 0.15) is 42.5 Å². The Morgan fingerprint density at radius 2 is 1.92 bits per heavy atom. The molecule has 1 saturated heterocycles. The minimum atomic E-state index is -0.0956. The van der Waals surface area contributed by atoms with E-state index >= 15 is 0 Å². The summed E-state index contributed by atoms with van der Waals surface area (Å²) in [6.45, 7) is 8.75. The van der Waals surface area contributed by atoms with Gasteiger partial charge in [0.1, 0.15) is 17.6 Å². The number of hydrogen-bond acceptors (Lipinski definition) is 5. The van der Waals surface area contributed by atoms with Crippen LogP contribution in [0, 0.1) is 11.3 Å². The summed E-state index contributed by atoms with van der Waals surface area (Å²) in [7, 11) is 1.81. The van der Waals surface area contributed by atoms with Crippen molar-refractivity contribution in [2.24, 2.45) is 7.05 Å². The number of hydrogen-bond donors (Lipinski definition) is 0. The van der Waals surface area contributed by atoms with E-state index in [4.69, 9.17) is 0 Å². The molecule has 0 spiro atoms. The third-order valence-electron chi connectivity index (χ3n) is 4.64. The summed E-state index contributed by atoms with van der Waals surface area (Å²) in [6, 6.07) is 7.60. The van der Waals surface area contributed by atoms with Gasteiger partial charge in [-0.15, -0.1) is 0 Å². The number of aromatic nitrogens is 3. The van der Waals surface area contributed by atoms with Crippen LogP contribution in [0.3, 0.4) is 0 Å². The van der Waals surface area contributed by atoms with E-state index in [0.717, 1.165) is 5.69 Å². The summed E-state index contributed by atoms with van der Waals surface area (Å²) >= 11 is 0. The molecule has 7 nitrogen and oxygen atoms in total. The second-order valence-corrected chi connectivity index (χ2v) is 7.55. The van der Waals surface area contributed by atoms with Crippen molar-refractivity contribution in [2.45, 2.75) is 26.2 Å². The van der Waals surface area contributed by atoms with Gasteiger partial charge in [0.25, 0.3) is 5.91 Å². The monoisotopic (exact) mass is 352 g/mol. The molecule has 26 heavy (non-hydrogen) atoms. The number of pyridine rings is 1. The van der Waals surface area contributed by atoms with Crippen LogP contribution in [0.4, 0.5) is 5.82 Å². The van der Waals surface area contributed by atoms with Crippen LogP contribution in [-0.4, -0.2) is 51.8 Å². The minimum Gasteiger partial charge on any atom is -0.352 e. The molecule has 0 N–H and O–H groups in total. The van der Waals surface area contributed by atoms with E-state index in [1.807, 2.05) is 18.0 Å². The first kappa shape index (κ1) is 17.9. The highest BCUT2D eigenvalue weighted by atomic mass is 16.2. The molecule has 1 aliphatic heterocycles. The van der Waals surface area contributed by atoms with Crippen molar-refractivity contribution in [2.75, 3.05) is 31.1 Å². The molecule has 2 aromatic rings. The first-order chi connectivity index (χ1) is 12.3. The Bertz CT molecular complexity index is 850. The summed E-state index contributed by atoms with van der Waals surface area (Å²) in [5.41, 5.74) is 1.99. The molecular formula is C19H24N6O. The fraction of sp³-hybridized carbons (Fsp3) is 0.474. The second-order valence-electron chi connectivity index (χ2n) is 7.55. The number of nitriles is 1. The number of nitrogens with zero attached hydrogens (tertiary/aromatic N) is 6. The molecule has 136 valence electrons. The van der Waals surface area contributed by atoms with Gasteiger partial charge in [-0.1, -0.05) is 20.8 Å². The van der Waals surface area contributed by atoms with E-state index in [1.54, 1.807) is 23.0 Å². The van der Waals surface area contributed by atoms with Crippen LogP contribution in [0.15, 0.2) is 24.4 Å². The third kappa shape index (κ3) is 3.40. The summed E-state index contributed by atoms with van der Waals surface area (Å²) in [5.74, 6) is 0.689. The Morgan fingerprint density at radius 3 is 2.50 bits per heavy atom. The van der Waals surface area contributed by atoms with Gasteiger partial charge in [-0.2, -0.15) is 10.4 Å². The zero-order valence-corrected chi connectivity index (χ0v) is 15.7. The lowest BCUT2D eigenvalue weighted by molar-refractivity contribution is 0.0735. The SMILES string of the molecule is Cn1nc(C(C)(C)C)cc1C(=O)N1CCN(c2ncccc2C#N)CC1. The van der Waals surface area contributed by atoms with Gasteiger partial charge in [-0.3, -0.25) is 9.48 Å². The van der Waals surface area contributed by atoms with Gasteiger partial charge in [0.15, 0.2) is 0 Å². The topological polar surface area (TPSA) is 78.1 Å². The lowest BCUT2D eigenvalue weighted by Gasteiger charge is -2.35. The Labute approximate surface area is 153 Å². The Hall–Kier alpha value is -2.88. The zero-order chi connectivity index (χ0) is 18.9. The predicted octanol–water partition coefficient (Wildman–Crippen LogP) is 1.95. The molecule has 1 fully saturated rings. The maximum Gasteiger partial charge on any atom is 0.272 e. The number of amides is 1. The molecule has 1 amide bonds. The average molecular weight is 352 g/mol. The molecule has 0 unspecified atom stereocenters. The fourth-order valence-corrected chi connectivity index (χ4v) is 3.05. The highest BCUT2D eigenvalue weighted by Crippen LogP contribution is 2.23. The Balaban J connectivity index is 1.71. The minimum absolute atomic E-state index is 0.00308. The molecule has 2 aromatic heterocycles. The van der Waals surface area contributed by atoms with Gasteiger partial charge < -0.3 is 9.80 Å². The maximum absolute atomic E-state index is 12.9. The van der Waals surface area contributed by atoms with Crippen molar-refractivity contribution in [3.63, 3.8) is 0 Å². The predicted molar refractivity (Wildman–Crippen MR) is 99.0 cm³/mol. The summed E-state index contributed by atoms with van der Waals surface area (Å²) in [6.07, 6.45) is 1.69. The maximum atomic E-state index is 12.9. The van der Waals surface area contributed by atoms with Gasteiger partial charge in [-0.05, 0) is 18.2 Å². The van der Waals surface area contributed by atoms with Crippen molar-refractivity contribution in [1.29, 1.82) is 5.26 Å². The van der Waals surface area contributed by atoms with Crippen LogP contribution >= 0.6 is 0 Å². The highest BCUT2D eigenvalue weighted by molar-refractivity contribution is 5.93. The lowest BCUT2D eigenvalue weighted by Crippen LogP contribution is -2.49. The Kier molecular flexibility index (Phi) is 4.68. The summed E-state index contributed by atoms with van der Waals surface area (Å²) in [4.78, 5) is 21.1. The third-order valence-corrected chi connectivity index (χ3v) is 4.64. The van der Waals surface area contributed by atoms with Crippen molar-refractivity contribution in [1.82, 2.24) is 19.7 Å². The van der Waals surface area contributed by atoms with E-state index < -0.39 is 0 Å². The van der Waals surface area contributed by atoms with E-state index in [-0.39, 0.29) is 11.3 Å². The van der Waals surface area contributed by atoms with Crippen LogP contribution in [0.5, 0.6) is 0 Å². The number of piperazine rings is 1. The average Bonchev–Trinajstić information content (AvgIpc) is 3.03. The molecule has 3 rings (SSSR count). The number of aryl methyl sites for hydroxylation is 1. The van der Waals surface area contributed by atoms with Crippen LogP contribution < -0.4 is 4.90 Å². The van der Waals surface area contributed by atoms with E-state index in [1.165, 1.54) is 0 Å². The number of carbonyl (C=O) groups is 1. The van der Waals surface area contributed by atoms with Crippen LogP contribution in [0.2, 0.25) is 0 Å². The molecule has 0 saturated carbocycles. The van der Waals surface area contributed by atoms with Gasteiger partial charge in [0, 0.05) is 44.8 Å². The van der Waals surface area contributed by atoms with E-state index in [9.17, 15) is 10.1 Å². The number of anilines is 1. The largest absolute Gasteiger partial charge is 0.352 e. The molecule has 3 heterocycles. The quantitative estimate of drug-likeness (QED) is 0.825. The Morgan fingerprint density at radius 1 is 1.23 bits per heavy atom. The van der Waals surface area contributed by atoms with E-state index in [0.29, 0.717) is 43.3 Å². The van der Waals surface area contributed by atoms with Crippen molar-refractivity contribution >= 4 is 11.7 Å². The molecule has 0 aliphatic carbocycles. The standard InChI is InChI=1S/C19H24N6O/c1-19(2,3)16-12-15(23(4)22-16)18(26)25-10-8-24(9-11-25)17-14(13-20)6-5-7-21-17/h5-7,12H,8-11H2,1-4H3. The molecule has 1 aliphatic rings. The molecular weight excluding hydrogens is 328 g/mol. The van der Waals surface area contributed by atoms with Gasteiger partial charge >= 0.3 is 0 Å². The van der Waals surface area contributed by atoms with Gasteiger partial charge in [-0.25, -0.2) is 4.98 Å². The number of rotatable bonds is 2. The lowest BCUT2D eigenvalue weighted by atomic mass is 9.92. The highest BCUT2D eigenvalue weighted by Gasteiger charge is 2.28. The molecule has 0 bridgehead atoms. The van der Waals surface area contributed by atoms with Gasteiger partial charge in [0.2, 0.25) is 0 Å². The summed E-state index contributed by atoms with van der Waals surface area (Å²) < 4.78 is 1.67. The summed E-state index contributed by atoms with van der Waals surface area (Å²) in [5, 5.41) is 13.7. The smallest absolute Gasteiger partial charge is 0.272 e. The van der Waals surface area contributed by atoms with Crippen LogP contribution in [-0.2, 0) is 12.5 Å². The first-order valence-corrected chi connectivity index (χ1v) is 8.75. The fourth-order valence-electron chi connectivity index (χ4n) is 3.05. The van der Waals surface area contributed by atoms with Crippen LogP contribution in [0.25, 0.3) is 0 Å². The second kappa shape index (κ2) is 6.79.